The van der Waals surface area contributed by atoms with Gasteiger partial charge in [0.25, 0.3) is 0 Å². The molecule has 4 rings (SSSR count). The van der Waals surface area contributed by atoms with Crippen molar-refractivity contribution in [1.82, 2.24) is 19.9 Å². The Kier molecular flexibility index (Phi) is 5.61. The first-order valence-electron chi connectivity index (χ1n) is 9.22. The van der Waals surface area contributed by atoms with Crippen LogP contribution in [-0.2, 0) is 6.42 Å². The van der Waals surface area contributed by atoms with Crippen LogP contribution in [0.2, 0.25) is 5.02 Å². The van der Waals surface area contributed by atoms with Crippen molar-refractivity contribution in [2.24, 2.45) is 5.16 Å². The van der Waals surface area contributed by atoms with Crippen LogP contribution in [0, 0.1) is 5.82 Å². The number of H-pyrrole nitrogens is 1. The third-order valence-electron chi connectivity index (χ3n) is 4.89. The van der Waals surface area contributed by atoms with E-state index in [1.54, 1.807) is 12.3 Å². The van der Waals surface area contributed by atoms with Gasteiger partial charge in [0, 0.05) is 43.5 Å². The van der Waals surface area contributed by atoms with Crippen molar-refractivity contribution < 1.29 is 14.7 Å². The normalized spacial score (nSPS) is 17.9. The van der Waals surface area contributed by atoms with Crippen LogP contribution in [0.1, 0.15) is 17.8 Å². The number of likely N-dealkylation sites (tertiary alicyclic amines) is 1. The first kappa shape index (κ1) is 19.6. The van der Waals surface area contributed by atoms with Crippen molar-refractivity contribution in [2.45, 2.75) is 18.9 Å². The van der Waals surface area contributed by atoms with Gasteiger partial charge >= 0.3 is 0 Å². The van der Waals surface area contributed by atoms with E-state index in [1.807, 2.05) is 0 Å². The minimum Gasteiger partial charge on any atom is -0.409 e. The van der Waals surface area contributed by atoms with Crippen LogP contribution in [0.25, 0.3) is 11.2 Å². The number of β-amino-alcohol motifs (C(OH)–C–C–N with tert-alkyl or cyclic N) is 1. The molecule has 0 radical (unpaired) electrons. The second-order valence-electron chi connectivity index (χ2n) is 6.94. The van der Waals surface area contributed by atoms with Gasteiger partial charge in [0.2, 0.25) is 0 Å². The molecule has 2 aromatic heterocycles. The maximum atomic E-state index is 13.4. The number of aliphatic hydroxyl groups excluding tert-OH is 1. The van der Waals surface area contributed by atoms with Gasteiger partial charge in [-0.1, -0.05) is 16.8 Å². The molecule has 3 aromatic rings. The highest BCUT2D eigenvalue weighted by molar-refractivity contribution is 6.31. The number of aromatic amines is 1. The number of anilines is 1. The lowest BCUT2D eigenvalue weighted by molar-refractivity contribution is 0.176. The van der Waals surface area contributed by atoms with Gasteiger partial charge in [-0.2, -0.15) is 0 Å². The van der Waals surface area contributed by atoms with Crippen LogP contribution in [0.3, 0.4) is 0 Å². The zero-order chi connectivity index (χ0) is 20.4. The van der Waals surface area contributed by atoms with Crippen molar-refractivity contribution >= 4 is 34.3 Å². The third kappa shape index (κ3) is 4.31. The van der Waals surface area contributed by atoms with E-state index in [2.05, 4.69) is 30.3 Å². The van der Waals surface area contributed by atoms with Gasteiger partial charge in [-0.25, -0.2) is 14.4 Å². The lowest BCUT2D eigenvalue weighted by Crippen LogP contribution is -2.24. The summed E-state index contributed by atoms with van der Waals surface area (Å²) in [7, 11) is 0. The van der Waals surface area contributed by atoms with Gasteiger partial charge in [-0.05, 0) is 30.7 Å². The quantitative estimate of drug-likeness (QED) is 0.219. The maximum absolute atomic E-state index is 13.4. The van der Waals surface area contributed by atoms with Crippen LogP contribution >= 0.6 is 11.6 Å². The molecule has 0 unspecified atom stereocenters. The maximum Gasteiger partial charge on any atom is 0.179 e. The summed E-state index contributed by atoms with van der Waals surface area (Å²) in [6.07, 6.45) is 2.79. The Labute approximate surface area is 171 Å². The van der Waals surface area contributed by atoms with Gasteiger partial charge in [0.15, 0.2) is 11.5 Å². The van der Waals surface area contributed by atoms with Crippen molar-refractivity contribution in [3.8, 4) is 0 Å². The fourth-order valence-electron chi connectivity index (χ4n) is 3.41. The molecule has 10 heteroatoms. The summed E-state index contributed by atoms with van der Waals surface area (Å²) >= 11 is 5.82. The highest BCUT2D eigenvalue weighted by atomic mass is 35.5. The topological polar surface area (TPSA) is 110 Å². The van der Waals surface area contributed by atoms with E-state index in [4.69, 9.17) is 11.6 Å². The van der Waals surface area contributed by atoms with Crippen molar-refractivity contribution in [3.63, 3.8) is 0 Å². The third-order valence-corrected chi connectivity index (χ3v) is 5.18. The lowest BCUT2D eigenvalue weighted by Gasteiger charge is -2.13. The van der Waals surface area contributed by atoms with Gasteiger partial charge in [0.1, 0.15) is 11.6 Å². The van der Waals surface area contributed by atoms with E-state index >= 15 is 0 Å². The Hall–Kier alpha value is -2.75. The van der Waals surface area contributed by atoms with E-state index < -0.39 is 5.82 Å². The number of oxime groups is 1. The first-order chi connectivity index (χ1) is 14.0. The molecule has 0 saturated carbocycles. The Morgan fingerprint density at radius 2 is 2.28 bits per heavy atom. The molecule has 1 aliphatic heterocycles. The number of hydrogen-bond donors (Lipinski definition) is 4. The molecule has 1 aromatic carbocycles. The SMILES string of the molecule is O/N=C(\Nc1ccc(F)c(Cl)c1)c1ccnc2nc(CCN3CC[C@H](O)C3)[nH]c12. The lowest BCUT2D eigenvalue weighted by atomic mass is 10.2. The molecule has 1 fully saturated rings. The van der Waals surface area contributed by atoms with Crippen molar-refractivity contribution in [1.29, 1.82) is 0 Å². The summed E-state index contributed by atoms with van der Waals surface area (Å²) in [5, 5.41) is 25.4. The van der Waals surface area contributed by atoms with Crippen LogP contribution in [-0.4, -0.2) is 61.7 Å². The molecule has 3 heterocycles. The highest BCUT2D eigenvalue weighted by Crippen LogP contribution is 2.22. The number of fused-ring (bicyclic) bond motifs is 1. The predicted molar refractivity (Wildman–Crippen MR) is 108 cm³/mol. The molecule has 1 aliphatic rings. The van der Waals surface area contributed by atoms with Gasteiger partial charge < -0.3 is 25.5 Å². The number of aromatic nitrogens is 3. The molecule has 0 bridgehead atoms. The van der Waals surface area contributed by atoms with Crippen LogP contribution in [0.5, 0.6) is 0 Å². The summed E-state index contributed by atoms with van der Waals surface area (Å²) in [6, 6.07) is 5.82. The fraction of sp³-hybridized carbons (Fsp3) is 0.316. The summed E-state index contributed by atoms with van der Waals surface area (Å²) in [4.78, 5) is 14.2. The zero-order valence-electron chi connectivity index (χ0n) is 15.4. The van der Waals surface area contributed by atoms with E-state index in [1.165, 1.54) is 18.2 Å². The number of pyridine rings is 1. The number of hydrogen-bond acceptors (Lipinski definition) is 6. The number of imidazole rings is 1. The molecule has 1 atom stereocenters. The molecule has 0 spiro atoms. The zero-order valence-corrected chi connectivity index (χ0v) is 16.2. The van der Waals surface area contributed by atoms with Gasteiger partial charge in [0.05, 0.1) is 16.6 Å². The number of nitrogens with one attached hydrogen (secondary N) is 2. The van der Waals surface area contributed by atoms with E-state index in [9.17, 15) is 14.7 Å². The number of benzene rings is 1. The van der Waals surface area contributed by atoms with Gasteiger partial charge in [-0.3, -0.25) is 0 Å². The monoisotopic (exact) mass is 418 g/mol. The smallest absolute Gasteiger partial charge is 0.179 e. The standard InChI is InChI=1S/C19H20ClFN6O2/c20-14-9-11(1-2-15(14)21)23-18(26-29)13-3-6-22-19-17(13)24-16(25-19)5-8-27-7-4-12(28)10-27/h1-3,6,9,12,28-29H,4-5,7-8,10H2,(H,23,26)(H,22,24,25)/t12-/m0/s1. The predicted octanol–water partition coefficient (Wildman–Crippen LogP) is 2.61. The summed E-state index contributed by atoms with van der Waals surface area (Å²) in [5.74, 6) is 0.371. The highest BCUT2D eigenvalue weighted by Gasteiger charge is 2.20. The van der Waals surface area contributed by atoms with Crippen molar-refractivity contribution in [2.75, 3.05) is 25.0 Å². The molecule has 0 aliphatic carbocycles. The van der Waals surface area contributed by atoms with E-state index in [0.29, 0.717) is 35.4 Å². The largest absolute Gasteiger partial charge is 0.409 e. The molecular weight excluding hydrogens is 399 g/mol. The Morgan fingerprint density at radius 3 is 3.00 bits per heavy atom. The first-order valence-corrected chi connectivity index (χ1v) is 9.60. The van der Waals surface area contributed by atoms with Crippen LogP contribution < -0.4 is 5.32 Å². The summed E-state index contributed by atoms with van der Waals surface area (Å²) in [6.45, 7) is 2.32. The van der Waals surface area contributed by atoms with Crippen LogP contribution in [0.4, 0.5) is 10.1 Å². The average molecular weight is 419 g/mol. The number of nitrogens with zero attached hydrogens (tertiary/aromatic N) is 4. The summed E-state index contributed by atoms with van der Waals surface area (Å²) in [5.41, 5.74) is 2.16. The number of aliphatic hydroxyl groups is 1. The average Bonchev–Trinajstić information content (AvgIpc) is 3.32. The second kappa shape index (κ2) is 8.32. The Morgan fingerprint density at radius 1 is 1.41 bits per heavy atom. The number of amidine groups is 1. The van der Waals surface area contributed by atoms with Gasteiger partial charge in [-0.15, -0.1) is 0 Å². The molecule has 0 amide bonds. The molecule has 8 nitrogen and oxygen atoms in total. The number of rotatable bonds is 5. The van der Waals surface area contributed by atoms with E-state index in [0.717, 1.165) is 25.3 Å². The Balaban J connectivity index is 1.55. The second-order valence-corrected chi connectivity index (χ2v) is 7.34. The molecule has 1 saturated heterocycles. The van der Waals surface area contributed by atoms with Crippen molar-refractivity contribution in [3.05, 3.63) is 52.7 Å². The molecule has 152 valence electrons. The molecular formula is C19H20ClFN6O2. The van der Waals surface area contributed by atoms with Crippen LogP contribution in [0.15, 0.2) is 35.6 Å². The molecule has 4 N–H and O–H groups in total. The minimum absolute atomic E-state index is 0.0389. The number of halogens is 2. The Bertz CT molecular complexity index is 1060. The minimum atomic E-state index is -0.533. The molecule has 29 heavy (non-hydrogen) atoms. The fourth-order valence-corrected chi connectivity index (χ4v) is 3.59. The van der Waals surface area contributed by atoms with E-state index in [-0.39, 0.29) is 17.0 Å². The summed E-state index contributed by atoms with van der Waals surface area (Å²) < 4.78 is 13.4.